The van der Waals surface area contributed by atoms with Crippen molar-refractivity contribution in [1.29, 1.82) is 0 Å². The lowest BCUT2D eigenvalue weighted by Crippen LogP contribution is -2.88. The summed E-state index contributed by atoms with van der Waals surface area (Å²) in [6, 6.07) is 17.8. The Morgan fingerprint density at radius 1 is 1.04 bits per heavy atom. The topological polar surface area (TPSA) is 36.9 Å². The van der Waals surface area contributed by atoms with Crippen molar-refractivity contribution in [2.45, 2.75) is 31.8 Å². The van der Waals surface area contributed by atoms with Crippen LogP contribution in [0.2, 0.25) is 5.02 Å². The molecule has 2 N–H and O–H groups in total. The summed E-state index contributed by atoms with van der Waals surface area (Å²) in [6.45, 7) is 3.85. The van der Waals surface area contributed by atoms with E-state index in [4.69, 9.17) is 11.6 Å². The average Bonchev–Trinajstić information content (AvgIpc) is 3.15. The Kier molecular flexibility index (Phi) is 5.54. The van der Waals surface area contributed by atoms with E-state index < -0.39 is 0 Å². The van der Waals surface area contributed by atoms with Gasteiger partial charge in [-0.05, 0) is 25.8 Å². The Hall–Kier alpha value is -1.84. The lowest BCUT2D eigenvalue weighted by atomic mass is 10.0. The molecule has 4 heteroatoms. The molecule has 0 bridgehead atoms. The molecular formula is C20H24ClN2O+. The van der Waals surface area contributed by atoms with Crippen LogP contribution in [0.15, 0.2) is 54.6 Å². The number of nitrogens with two attached hydrogens (primary N) is 1. The number of likely N-dealkylation sites (tertiary alicyclic amines) is 1. The van der Waals surface area contributed by atoms with E-state index in [2.05, 4.69) is 12.2 Å². The monoisotopic (exact) mass is 343 g/mol. The Bertz CT molecular complexity index is 683. The fourth-order valence-corrected chi connectivity index (χ4v) is 3.68. The molecule has 2 aromatic rings. The molecule has 2 aromatic carbocycles. The molecule has 0 aromatic heterocycles. The molecule has 0 radical (unpaired) electrons. The summed E-state index contributed by atoms with van der Waals surface area (Å²) in [5.74, 6) is 0.206. The molecule has 1 saturated heterocycles. The molecule has 1 fully saturated rings. The summed E-state index contributed by atoms with van der Waals surface area (Å²) >= 11 is 6.34. The predicted octanol–water partition coefficient (Wildman–Crippen LogP) is 3.33. The molecule has 3 rings (SSSR count). The number of carbonyl (C=O) groups is 1. The number of amides is 1. The Morgan fingerprint density at radius 2 is 1.67 bits per heavy atom. The first-order chi connectivity index (χ1) is 11.7. The van der Waals surface area contributed by atoms with Crippen LogP contribution >= 0.6 is 11.6 Å². The quantitative estimate of drug-likeness (QED) is 0.888. The molecule has 1 aliphatic heterocycles. The minimum Gasteiger partial charge on any atom is -0.337 e. The molecule has 0 unspecified atom stereocenters. The van der Waals surface area contributed by atoms with E-state index in [0.717, 1.165) is 42.1 Å². The zero-order valence-corrected chi connectivity index (χ0v) is 14.7. The second-order valence-electron chi connectivity index (χ2n) is 6.42. The lowest BCUT2D eigenvalue weighted by Gasteiger charge is -2.25. The standard InChI is InChI=1S/C20H23ClN2O/c1-15(17-11-5-6-12-18(17)21)22-19(16-9-3-2-4-10-16)20(24)23-13-7-8-14-23/h2-6,9-12,15,19,22H,7-8,13-14H2,1H3/p+1/t15-,19+/m1/s1. The third kappa shape index (κ3) is 3.80. The third-order valence-corrected chi connectivity index (χ3v) is 5.06. The average molecular weight is 344 g/mol. The second kappa shape index (κ2) is 7.82. The first kappa shape index (κ1) is 17.0. The van der Waals surface area contributed by atoms with Crippen LogP contribution < -0.4 is 5.32 Å². The SMILES string of the molecule is C[C@@H]([NH2+][C@H](C(=O)N1CCCC1)c1ccccc1)c1ccccc1Cl. The van der Waals surface area contributed by atoms with Gasteiger partial charge in [0.25, 0.3) is 5.91 Å². The smallest absolute Gasteiger partial charge is 0.285 e. The van der Waals surface area contributed by atoms with Gasteiger partial charge in [-0.2, -0.15) is 0 Å². The van der Waals surface area contributed by atoms with E-state index in [0.29, 0.717) is 0 Å². The summed E-state index contributed by atoms with van der Waals surface area (Å²) in [5, 5.41) is 2.89. The summed E-state index contributed by atoms with van der Waals surface area (Å²) in [6.07, 6.45) is 2.21. The van der Waals surface area contributed by atoms with Crippen LogP contribution in [-0.4, -0.2) is 23.9 Å². The summed E-state index contributed by atoms with van der Waals surface area (Å²) in [5.41, 5.74) is 2.11. The molecule has 0 saturated carbocycles. The number of carbonyl (C=O) groups excluding carboxylic acids is 1. The van der Waals surface area contributed by atoms with Crippen molar-refractivity contribution in [2.75, 3.05) is 13.1 Å². The normalized spacial score (nSPS) is 16.8. The zero-order chi connectivity index (χ0) is 16.9. The number of halogens is 1. The number of hydrogen-bond donors (Lipinski definition) is 1. The van der Waals surface area contributed by atoms with Crippen LogP contribution in [0.1, 0.15) is 43.0 Å². The fraction of sp³-hybridized carbons (Fsp3) is 0.350. The van der Waals surface area contributed by atoms with E-state index >= 15 is 0 Å². The lowest BCUT2D eigenvalue weighted by molar-refractivity contribution is -0.719. The maximum absolute atomic E-state index is 13.1. The van der Waals surface area contributed by atoms with Crippen molar-refractivity contribution in [3.8, 4) is 0 Å². The van der Waals surface area contributed by atoms with Crippen molar-refractivity contribution in [1.82, 2.24) is 4.90 Å². The highest BCUT2D eigenvalue weighted by Gasteiger charge is 2.32. The van der Waals surface area contributed by atoms with Gasteiger partial charge in [-0.1, -0.05) is 60.1 Å². The van der Waals surface area contributed by atoms with Gasteiger partial charge in [0.15, 0.2) is 6.04 Å². The van der Waals surface area contributed by atoms with Crippen molar-refractivity contribution >= 4 is 17.5 Å². The minimum absolute atomic E-state index is 0.107. The molecule has 3 nitrogen and oxygen atoms in total. The Morgan fingerprint density at radius 3 is 2.33 bits per heavy atom. The van der Waals surface area contributed by atoms with Crippen LogP contribution in [-0.2, 0) is 4.79 Å². The molecule has 24 heavy (non-hydrogen) atoms. The van der Waals surface area contributed by atoms with Crippen molar-refractivity contribution in [3.05, 3.63) is 70.7 Å². The van der Waals surface area contributed by atoms with E-state index in [1.165, 1.54) is 0 Å². The maximum atomic E-state index is 13.1. The molecule has 2 atom stereocenters. The van der Waals surface area contributed by atoms with E-state index in [-0.39, 0.29) is 18.0 Å². The summed E-state index contributed by atoms with van der Waals surface area (Å²) < 4.78 is 0. The highest BCUT2D eigenvalue weighted by Crippen LogP contribution is 2.22. The van der Waals surface area contributed by atoms with Gasteiger partial charge in [-0.25, -0.2) is 0 Å². The minimum atomic E-state index is -0.226. The number of hydrogen-bond acceptors (Lipinski definition) is 1. The van der Waals surface area contributed by atoms with Crippen LogP contribution in [0.5, 0.6) is 0 Å². The zero-order valence-electron chi connectivity index (χ0n) is 14.0. The first-order valence-corrected chi connectivity index (χ1v) is 8.98. The van der Waals surface area contributed by atoms with Gasteiger partial charge in [0.2, 0.25) is 0 Å². The fourth-order valence-electron chi connectivity index (χ4n) is 3.37. The number of benzene rings is 2. The molecule has 1 amide bonds. The highest BCUT2D eigenvalue weighted by molar-refractivity contribution is 6.31. The maximum Gasteiger partial charge on any atom is 0.285 e. The Balaban J connectivity index is 1.84. The second-order valence-corrected chi connectivity index (χ2v) is 6.83. The highest BCUT2D eigenvalue weighted by atomic mass is 35.5. The molecule has 0 spiro atoms. The van der Waals surface area contributed by atoms with Crippen molar-refractivity contribution in [2.24, 2.45) is 0 Å². The van der Waals surface area contributed by atoms with E-state index in [1.807, 2.05) is 59.5 Å². The first-order valence-electron chi connectivity index (χ1n) is 8.60. The number of quaternary nitrogens is 1. The van der Waals surface area contributed by atoms with Gasteiger partial charge in [0, 0.05) is 29.2 Å². The van der Waals surface area contributed by atoms with Crippen LogP contribution in [0.4, 0.5) is 0 Å². The van der Waals surface area contributed by atoms with Crippen LogP contribution in [0, 0.1) is 0 Å². The molecule has 1 aliphatic rings. The Labute approximate surface area is 148 Å². The van der Waals surface area contributed by atoms with E-state index in [1.54, 1.807) is 0 Å². The van der Waals surface area contributed by atoms with E-state index in [9.17, 15) is 4.79 Å². The third-order valence-electron chi connectivity index (χ3n) is 4.72. The summed E-state index contributed by atoms with van der Waals surface area (Å²) in [4.78, 5) is 15.1. The van der Waals surface area contributed by atoms with Gasteiger partial charge >= 0.3 is 0 Å². The number of rotatable bonds is 5. The van der Waals surface area contributed by atoms with Crippen LogP contribution in [0.3, 0.4) is 0 Å². The van der Waals surface area contributed by atoms with Crippen LogP contribution in [0.25, 0.3) is 0 Å². The van der Waals surface area contributed by atoms with Crippen molar-refractivity contribution in [3.63, 3.8) is 0 Å². The van der Waals surface area contributed by atoms with Gasteiger partial charge in [0.05, 0.1) is 0 Å². The predicted molar refractivity (Wildman–Crippen MR) is 96.8 cm³/mol. The number of nitrogens with zero attached hydrogens (tertiary/aromatic N) is 1. The molecule has 0 aliphatic carbocycles. The van der Waals surface area contributed by atoms with Gasteiger partial charge in [-0.3, -0.25) is 4.79 Å². The van der Waals surface area contributed by atoms with Gasteiger partial charge < -0.3 is 10.2 Å². The van der Waals surface area contributed by atoms with Gasteiger partial charge in [-0.15, -0.1) is 0 Å². The van der Waals surface area contributed by atoms with Crippen molar-refractivity contribution < 1.29 is 10.1 Å². The largest absolute Gasteiger partial charge is 0.337 e. The van der Waals surface area contributed by atoms with Gasteiger partial charge in [0.1, 0.15) is 6.04 Å². The molecule has 126 valence electrons. The molecule has 1 heterocycles. The molecular weight excluding hydrogens is 320 g/mol. The summed E-state index contributed by atoms with van der Waals surface area (Å²) in [7, 11) is 0.